The van der Waals surface area contributed by atoms with Crippen molar-refractivity contribution in [2.45, 2.75) is 51.0 Å². The minimum absolute atomic E-state index is 0.466. The monoisotopic (exact) mass is 185 g/mol. The molecule has 1 rings (SSSR count). The predicted octanol–water partition coefficient (Wildman–Crippen LogP) is 2.34. The van der Waals surface area contributed by atoms with Gasteiger partial charge in [0, 0.05) is 19.3 Å². The minimum atomic E-state index is 0.466. The summed E-state index contributed by atoms with van der Waals surface area (Å²) in [5.41, 5.74) is 0.466. The molecule has 1 unspecified atom stereocenters. The van der Waals surface area contributed by atoms with Gasteiger partial charge in [0.1, 0.15) is 0 Å². The van der Waals surface area contributed by atoms with Crippen LogP contribution in [0.1, 0.15) is 45.4 Å². The SMILES string of the molecule is CCCC1(CCCOC)CCCN1. The third-order valence-electron chi connectivity index (χ3n) is 3.06. The van der Waals surface area contributed by atoms with Gasteiger partial charge >= 0.3 is 0 Å². The van der Waals surface area contributed by atoms with Crippen molar-refractivity contribution in [2.24, 2.45) is 0 Å². The Labute approximate surface area is 82.0 Å². The average Bonchev–Trinajstić information content (AvgIpc) is 2.55. The Hall–Kier alpha value is -0.0800. The van der Waals surface area contributed by atoms with Gasteiger partial charge in [-0.15, -0.1) is 0 Å². The van der Waals surface area contributed by atoms with Gasteiger partial charge in [-0.2, -0.15) is 0 Å². The molecular formula is C11H23NO. The fourth-order valence-corrected chi connectivity index (χ4v) is 2.45. The molecule has 0 saturated carbocycles. The lowest BCUT2D eigenvalue weighted by Gasteiger charge is -2.29. The number of hydrogen-bond donors (Lipinski definition) is 1. The summed E-state index contributed by atoms with van der Waals surface area (Å²) in [5.74, 6) is 0. The second kappa shape index (κ2) is 5.61. The highest BCUT2D eigenvalue weighted by Crippen LogP contribution is 2.29. The first-order chi connectivity index (χ1) is 6.33. The first-order valence-corrected chi connectivity index (χ1v) is 5.57. The molecule has 78 valence electrons. The van der Waals surface area contributed by atoms with Crippen molar-refractivity contribution >= 4 is 0 Å². The van der Waals surface area contributed by atoms with Crippen molar-refractivity contribution < 1.29 is 4.74 Å². The summed E-state index contributed by atoms with van der Waals surface area (Å²) >= 11 is 0. The largest absolute Gasteiger partial charge is 0.385 e. The van der Waals surface area contributed by atoms with E-state index in [1.807, 2.05) is 0 Å². The zero-order chi connectivity index (χ0) is 9.57. The Morgan fingerprint density at radius 2 is 2.23 bits per heavy atom. The summed E-state index contributed by atoms with van der Waals surface area (Å²) in [6, 6.07) is 0. The minimum Gasteiger partial charge on any atom is -0.385 e. The molecule has 1 aliphatic heterocycles. The van der Waals surface area contributed by atoms with Crippen LogP contribution < -0.4 is 5.32 Å². The maximum absolute atomic E-state index is 5.10. The molecule has 2 nitrogen and oxygen atoms in total. The van der Waals surface area contributed by atoms with Crippen molar-refractivity contribution in [1.29, 1.82) is 0 Å². The van der Waals surface area contributed by atoms with Crippen LogP contribution >= 0.6 is 0 Å². The molecule has 0 spiro atoms. The van der Waals surface area contributed by atoms with E-state index < -0.39 is 0 Å². The molecule has 0 aliphatic carbocycles. The first kappa shape index (κ1) is 11.0. The van der Waals surface area contributed by atoms with Gasteiger partial charge in [0.05, 0.1) is 0 Å². The van der Waals surface area contributed by atoms with Crippen LogP contribution in [0.15, 0.2) is 0 Å². The first-order valence-electron chi connectivity index (χ1n) is 5.57. The van der Waals surface area contributed by atoms with Gasteiger partial charge in [-0.3, -0.25) is 0 Å². The zero-order valence-corrected chi connectivity index (χ0v) is 9.07. The average molecular weight is 185 g/mol. The van der Waals surface area contributed by atoms with Gasteiger partial charge in [0.2, 0.25) is 0 Å². The molecule has 1 fully saturated rings. The highest BCUT2D eigenvalue weighted by atomic mass is 16.5. The summed E-state index contributed by atoms with van der Waals surface area (Å²) in [4.78, 5) is 0. The summed E-state index contributed by atoms with van der Waals surface area (Å²) < 4.78 is 5.10. The normalized spacial score (nSPS) is 28.2. The molecule has 13 heavy (non-hydrogen) atoms. The molecule has 1 aliphatic rings. The van der Waals surface area contributed by atoms with Crippen LogP contribution in [0.4, 0.5) is 0 Å². The van der Waals surface area contributed by atoms with Gasteiger partial charge in [0.15, 0.2) is 0 Å². The van der Waals surface area contributed by atoms with E-state index in [0.717, 1.165) is 6.61 Å². The third-order valence-corrected chi connectivity index (χ3v) is 3.06. The van der Waals surface area contributed by atoms with Crippen molar-refractivity contribution in [3.05, 3.63) is 0 Å². The standard InChI is InChI=1S/C11H23NO/c1-3-6-11(7-4-9-12-11)8-5-10-13-2/h12H,3-10H2,1-2H3. The van der Waals surface area contributed by atoms with E-state index in [-0.39, 0.29) is 0 Å². The number of hydrogen-bond acceptors (Lipinski definition) is 2. The van der Waals surface area contributed by atoms with Crippen molar-refractivity contribution in [2.75, 3.05) is 20.3 Å². The van der Waals surface area contributed by atoms with E-state index in [9.17, 15) is 0 Å². The Bertz CT molecular complexity index is 130. The molecule has 1 saturated heterocycles. The van der Waals surface area contributed by atoms with E-state index in [1.165, 1.54) is 45.1 Å². The summed E-state index contributed by atoms with van der Waals surface area (Å²) in [7, 11) is 1.79. The molecule has 0 radical (unpaired) electrons. The van der Waals surface area contributed by atoms with Crippen LogP contribution in [0, 0.1) is 0 Å². The van der Waals surface area contributed by atoms with Crippen LogP contribution in [0.3, 0.4) is 0 Å². The molecule has 0 amide bonds. The van der Waals surface area contributed by atoms with E-state index in [0.29, 0.717) is 5.54 Å². The van der Waals surface area contributed by atoms with Crippen LogP contribution in [-0.4, -0.2) is 25.8 Å². The molecule has 1 N–H and O–H groups in total. The van der Waals surface area contributed by atoms with Gasteiger partial charge in [-0.25, -0.2) is 0 Å². The number of methoxy groups -OCH3 is 1. The molecule has 1 atom stereocenters. The smallest absolute Gasteiger partial charge is 0.0462 e. The molecular weight excluding hydrogens is 162 g/mol. The molecule has 0 bridgehead atoms. The van der Waals surface area contributed by atoms with Gasteiger partial charge < -0.3 is 10.1 Å². The second-order valence-electron chi connectivity index (χ2n) is 4.16. The second-order valence-corrected chi connectivity index (χ2v) is 4.16. The lowest BCUT2D eigenvalue weighted by atomic mass is 9.87. The highest BCUT2D eigenvalue weighted by Gasteiger charge is 2.31. The molecule has 2 heteroatoms. The van der Waals surface area contributed by atoms with E-state index in [4.69, 9.17) is 4.74 Å². The van der Waals surface area contributed by atoms with Crippen molar-refractivity contribution in [1.82, 2.24) is 5.32 Å². The van der Waals surface area contributed by atoms with Crippen molar-refractivity contribution in [3.8, 4) is 0 Å². The maximum atomic E-state index is 5.10. The highest BCUT2D eigenvalue weighted by molar-refractivity contribution is 4.92. The number of ether oxygens (including phenoxy) is 1. The molecule has 0 aromatic rings. The molecule has 0 aromatic heterocycles. The van der Waals surface area contributed by atoms with Crippen LogP contribution in [-0.2, 0) is 4.74 Å². The summed E-state index contributed by atoms with van der Waals surface area (Å²) in [6.07, 6.45) is 7.83. The maximum Gasteiger partial charge on any atom is 0.0462 e. The van der Waals surface area contributed by atoms with E-state index in [1.54, 1.807) is 7.11 Å². The summed E-state index contributed by atoms with van der Waals surface area (Å²) in [5, 5.41) is 3.67. The van der Waals surface area contributed by atoms with Gasteiger partial charge in [-0.1, -0.05) is 13.3 Å². The van der Waals surface area contributed by atoms with Crippen molar-refractivity contribution in [3.63, 3.8) is 0 Å². The topological polar surface area (TPSA) is 21.3 Å². The fourth-order valence-electron chi connectivity index (χ4n) is 2.45. The van der Waals surface area contributed by atoms with Gasteiger partial charge in [0.25, 0.3) is 0 Å². The van der Waals surface area contributed by atoms with Crippen LogP contribution in [0.2, 0.25) is 0 Å². The van der Waals surface area contributed by atoms with Gasteiger partial charge in [-0.05, 0) is 38.6 Å². The Kier molecular flexibility index (Phi) is 4.74. The summed E-state index contributed by atoms with van der Waals surface area (Å²) in [6.45, 7) is 4.40. The Morgan fingerprint density at radius 3 is 2.77 bits per heavy atom. The lowest BCUT2D eigenvalue weighted by molar-refractivity contribution is 0.177. The Balaban J connectivity index is 2.28. The van der Waals surface area contributed by atoms with Crippen LogP contribution in [0.25, 0.3) is 0 Å². The van der Waals surface area contributed by atoms with E-state index >= 15 is 0 Å². The lowest BCUT2D eigenvalue weighted by Crippen LogP contribution is -2.39. The Morgan fingerprint density at radius 1 is 1.38 bits per heavy atom. The predicted molar refractivity (Wildman–Crippen MR) is 56.0 cm³/mol. The quantitative estimate of drug-likeness (QED) is 0.641. The fraction of sp³-hybridized carbons (Fsp3) is 1.00. The molecule has 0 aromatic carbocycles. The zero-order valence-electron chi connectivity index (χ0n) is 9.07. The number of rotatable bonds is 6. The van der Waals surface area contributed by atoms with Crippen LogP contribution in [0.5, 0.6) is 0 Å². The molecule has 1 heterocycles. The van der Waals surface area contributed by atoms with E-state index in [2.05, 4.69) is 12.2 Å². The number of nitrogens with one attached hydrogen (secondary N) is 1. The third kappa shape index (κ3) is 3.28.